The number of rotatable bonds is 5. The van der Waals surface area contributed by atoms with Crippen LogP contribution in [0, 0.1) is 17.0 Å². The minimum atomic E-state index is -0.911. The molecule has 37 heavy (non-hydrogen) atoms. The number of nitro groups is 1. The summed E-state index contributed by atoms with van der Waals surface area (Å²) in [6.45, 7) is 1.27. The van der Waals surface area contributed by atoms with Crippen LogP contribution >= 0.6 is 0 Å². The molecule has 1 atom stereocenters. The molecular weight excluding hydrogens is 476 g/mol. The lowest BCUT2D eigenvalue weighted by Gasteiger charge is -2.37. The van der Waals surface area contributed by atoms with Crippen molar-refractivity contribution in [1.29, 1.82) is 0 Å². The number of amides is 4. The largest absolute Gasteiger partial charge is 0.324 e. The number of carbonyl (C=O) groups excluding carboxylic acids is 4. The highest BCUT2D eigenvalue weighted by Gasteiger charge is 2.44. The molecule has 0 aliphatic carbocycles. The van der Waals surface area contributed by atoms with Gasteiger partial charge in [0.05, 0.1) is 10.5 Å². The molecule has 0 saturated carbocycles. The molecular formula is C27H22N4O6. The predicted octanol–water partition coefficient (Wildman–Crippen LogP) is 3.49. The van der Waals surface area contributed by atoms with Crippen molar-refractivity contribution >= 4 is 40.7 Å². The van der Waals surface area contributed by atoms with Gasteiger partial charge in [0, 0.05) is 17.4 Å². The third-order valence-electron chi connectivity index (χ3n) is 6.61. The molecule has 0 unspecified atom stereocenters. The number of nitrogens with zero attached hydrogens (tertiary/aromatic N) is 3. The summed E-state index contributed by atoms with van der Waals surface area (Å²) in [6, 6.07) is 17.3. The summed E-state index contributed by atoms with van der Waals surface area (Å²) in [7, 11) is 0. The summed E-state index contributed by atoms with van der Waals surface area (Å²) in [5.41, 5.74) is 2.03. The van der Waals surface area contributed by atoms with Crippen molar-refractivity contribution in [2.24, 2.45) is 0 Å². The Bertz CT molecular complexity index is 1470. The van der Waals surface area contributed by atoms with E-state index in [4.69, 9.17) is 0 Å². The molecule has 3 aromatic carbocycles. The quantitative estimate of drug-likeness (QED) is 0.326. The first-order chi connectivity index (χ1) is 17.8. The van der Waals surface area contributed by atoms with Gasteiger partial charge in [0.2, 0.25) is 11.8 Å². The maximum Gasteiger partial charge on any atom is 0.282 e. The number of anilines is 2. The van der Waals surface area contributed by atoms with Crippen molar-refractivity contribution < 1.29 is 24.1 Å². The van der Waals surface area contributed by atoms with Crippen molar-refractivity contribution in [2.75, 3.05) is 16.8 Å². The monoisotopic (exact) mass is 498 g/mol. The lowest BCUT2D eigenvalue weighted by molar-refractivity contribution is -0.385. The lowest BCUT2D eigenvalue weighted by atomic mass is 9.94. The normalized spacial score (nSPS) is 16.3. The van der Waals surface area contributed by atoms with E-state index in [9.17, 15) is 29.3 Å². The van der Waals surface area contributed by atoms with Gasteiger partial charge in [-0.3, -0.25) is 39.1 Å². The van der Waals surface area contributed by atoms with Gasteiger partial charge >= 0.3 is 0 Å². The number of aryl methyl sites for hydroxylation is 2. The Morgan fingerprint density at radius 3 is 2.46 bits per heavy atom. The summed E-state index contributed by atoms with van der Waals surface area (Å²) in [5.74, 6) is -2.74. The molecule has 0 aromatic heterocycles. The number of imide groups is 1. The molecule has 0 spiro atoms. The van der Waals surface area contributed by atoms with Crippen LogP contribution in [0.15, 0.2) is 66.7 Å². The van der Waals surface area contributed by atoms with Crippen molar-refractivity contribution in [2.45, 2.75) is 25.8 Å². The molecule has 0 radical (unpaired) electrons. The summed E-state index contributed by atoms with van der Waals surface area (Å²) in [5, 5.41) is 14.3. The van der Waals surface area contributed by atoms with E-state index < -0.39 is 46.8 Å². The molecule has 0 fully saturated rings. The topological polar surface area (TPSA) is 130 Å². The van der Waals surface area contributed by atoms with Gasteiger partial charge in [-0.2, -0.15) is 0 Å². The Morgan fingerprint density at radius 1 is 1.00 bits per heavy atom. The number of hydrogen-bond acceptors (Lipinski definition) is 6. The standard InChI is InChI=1S/C27H22N4O6/c1-16-9-12-18(13-10-16)28-25(33)22-14-11-17-5-2-3-7-20(17)30(22)23(32)15-29-26(34)19-6-4-8-21(31(36)37)24(19)27(29)35/h2-10,12-13,22H,11,14-15H2,1H3,(H,28,33)/t22-/m1/s1. The van der Waals surface area contributed by atoms with E-state index in [-0.39, 0.29) is 11.1 Å². The van der Waals surface area contributed by atoms with Gasteiger partial charge in [-0.15, -0.1) is 0 Å². The highest BCUT2D eigenvalue weighted by Crippen LogP contribution is 2.34. The molecule has 2 aliphatic heterocycles. The molecule has 0 bridgehead atoms. The average molecular weight is 498 g/mol. The van der Waals surface area contributed by atoms with Crippen LogP contribution in [0.1, 0.15) is 38.3 Å². The maximum atomic E-state index is 13.7. The highest BCUT2D eigenvalue weighted by atomic mass is 16.6. The zero-order valence-corrected chi connectivity index (χ0v) is 19.8. The number of fused-ring (bicyclic) bond motifs is 2. The van der Waals surface area contributed by atoms with Crippen LogP contribution in [0.5, 0.6) is 0 Å². The molecule has 186 valence electrons. The van der Waals surface area contributed by atoms with E-state index in [1.54, 1.807) is 24.3 Å². The number of carbonyl (C=O) groups is 4. The second-order valence-corrected chi connectivity index (χ2v) is 8.96. The Morgan fingerprint density at radius 2 is 1.73 bits per heavy atom. The number of nitro benzene ring substituents is 1. The van der Waals surface area contributed by atoms with Crippen LogP contribution in [0.25, 0.3) is 0 Å². The summed E-state index contributed by atoms with van der Waals surface area (Å²) >= 11 is 0. The fraction of sp³-hybridized carbons (Fsp3) is 0.185. The van der Waals surface area contributed by atoms with Crippen LogP contribution in [0.2, 0.25) is 0 Å². The average Bonchev–Trinajstić information content (AvgIpc) is 3.13. The smallest absolute Gasteiger partial charge is 0.282 e. The molecule has 5 rings (SSSR count). The zero-order valence-electron chi connectivity index (χ0n) is 19.8. The zero-order chi connectivity index (χ0) is 26.3. The van der Waals surface area contributed by atoms with Gasteiger partial charge in [0.25, 0.3) is 17.5 Å². The molecule has 0 saturated heterocycles. The van der Waals surface area contributed by atoms with Crippen molar-refractivity contribution in [3.05, 3.63) is 99.1 Å². The summed E-state index contributed by atoms with van der Waals surface area (Å²) < 4.78 is 0. The Labute approximate surface area is 211 Å². The lowest BCUT2D eigenvalue weighted by Crippen LogP contribution is -2.53. The SMILES string of the molecule is Cc1ccc(NC(=O)[C@H]2CCc3ccccc3N2C(=O)CN2C(=O)c3cccc([N+](=O)[O-])c3C2=O)cc1. The molecule has 10 heteroatoms. The van der Waals surface area contributed by atoms with Gasteiger partial charge in [-0.05, 0) is 49.6 Å². The van der Waals surface area contributed by atoms with Gasteiger partial charge < -0.3 is 5.32 Å². The van der Waals surface area contributed by atoms with E-state index in [0.29, 0.717) is 29.1 Å². The molecule has 1 N–H and O–H groups in total. The fourth-order valence-corrected chi connectivity index (χ4v) is 4.79. The Kier molecular flexibility index (Phi) is 6.00. The number of benzene rings is 3. The third kappa shape index (κ3) is 4.22. The van der Waals surface area contributed by atoms with Crippen molar-refractivity contribution in [3.63, 3.8) is 0 Å². The highest BCUT2D eigenvalue weighted by molar-refractivity contribution is 6.24. The summed E-state index contributed by atoms with van der Waals surface area (Å²) in [6.07, 6.45) is 0.902. The van der Waals surface area contributed by atoms with Crippen LogP contribution in [-0.2, 0) is 16.0 Å². The second kappa shape index (κ2) is 9.30. The van der Waals surface area contributed by atoms with E-state index in [1.165, 1.54) is 17.0 Å². The van der Waals surface area contributed by atoms with Gasteiger partial charge in [0.15, 0.2) is 0 Å². The third-order valence-corrected chi connectivity index (χ3v) is 6.61. The van der Waals surface area contributed by atoms with Crippen LogP contribution in [-0.4, -0.2) is 46.0 Å². The number of nitrogens with one attached hydrogen (secondary N) is 1. The van der Waals surface area contributed by atoms with Gasteiger partial charge in [0.1, 0.15) is 18.2 Å². The first-order valence-corrected chi connectivity index (χ1v) is 11.7. The van der Waals surface area contributed by atoms with Crippen LogP contribution < -0.4 is 10.2 Å². The molecule has 3 aromatic rings. The predicted molar refractivity (Wildman–Crippen MR) is 134 cm³/mol. The van der Waals surface area contributed by atoms with Gasteiger partial charge in [-0.25, -0.2) is 0 Å². The second-order valence-electron chi connectivity index (χ2n) is 8.96. The van der Waals surface area contributed by atoms with Crippen LogP contribution in [0.3, 0.4) is 0 Å². The minimum Gasteiger partial charge on any atom is -0.324 e. The minimum absolute atomic E-state index is 0.125. The van der Waals surface area contributed by atoms with E-state index >= 15 is 0 Å². The van der Waals surface area contributed by atoms with Crippen LogP contribution in [0.4, 0.5) is 17.1 Å². The number of hydrogen-bond donors (Lipinski definition) is 1. The van der Waals surface area contributed by atoms with E-state index in [1.807, 2.05) is 31.2 Å². The first kappa shape index (κ1) is 23.9. The maximum absolute atomic E-state index is 13.7. The molecule has 2 aliphatic rings. The van der Waals surface area contributed by atoms with Crippen molar-refractivity contribution in [1.82, 2.24) is 4.90 Å². The fourth-order valence-electron chi connectivity index (χ4n) is 4.79. The molecule has 4 amide bonds. The van der Waals surface area contributed by atoms with Crippen molar-refractivity contribution in [3.8, 4) is 0 Å². The Balaban J connectivity index is 1.45. The molecule has 10 nitrogen and oxygen atoms in total. The first-order valence-electron chi connectivity index (χ1n) is 11.7. The molecule has 2 heterocycles. The van der Waals surface area contributed by atoms with Gasteiger partial charge in [-0.1, -0.05) is 42.0 Å². The van der Waals surface area contributed by atoms with E-state index in [0.717, 1.165) is 17.2 Å². The number of para-hydroxylation sites is 1. The van der Waals surface area contributed by atoms with E-state index in [2.05, 4.69) is 5.32 Å². The summed E-state index contributed by atoms with van der Waals surface area (Å²) in [4.78, 5) is 65.7. The Hall–Kier alpha value is -4.86.